The molecule has 28 heavy (non-hydrogen) atoms. The zero-order chi connectivity index (χ0) is 20.4. The van der Waals surface area contributed by atoms with E-state index in [2.05, 4.69) is 16.0 Å². The molecule has 0 aliphatic carbocycles. The molecule has 0 atom stereocenters. The number of aromatic nitrogens is 2. The summed E-state index contributed by atoms with van der Waals surface area (Å²) in [6, 6.07) is 10.8. The lowest BCUT2D eigenvalue weighted by molar-refractivity contribution is 0.0843. The minimum absolute atomic E-state index is 0.0262. The van der Waals surface area contributed by atoms with Crippen molar-refractivity contribution in [2.24, 2.45) is 0 Å². The summed E-state index contributed by atoms with van der Waals surface area (Å²) >= 11 is 11.7. The van der Waals surface area contributed by atoms with Crippen molar-refractivity contribution in [3.05, 3.63) is 74.1 Å². The first kappa shape index (κ1) is 19.9. The number of benzene rings is 2. The zero-order valence-corrected chi connectivity index (χ0v) is 16.5. The number of carbonyl (C=O) groups is 2. The number of nitrogens with one attached hydrogen (secondary N) is 2. The number of hydrazine groups is 1. The van der Waals surface area contributed by atoms with Crippen LogP contribution in [-0.4, -0.2) is 21.6 Å². The maximum Gasteiger partial charge on any atom is 0.290 e. The molecule has 2 aromatic carbocycles. The molecule has 3 rings (SSSR count). The van der Waals surface area contributed by atoms with Crippen molar-refractivity contribution in [1.82, 2.24) is 20.6 Å². The highest BCUT2D eigenvalue weighted by atomic mass is 35.5. The first-order valence-electron chi connectivity index (χ1n) is 8.37. The Morgan fingerprint density at radius 3 is 2.25 bits per heavy atom. The molecule has 1 heterocycles. The summed E-state index contributed by atoms with van der Waals surface area (Å²) in [6.45, 7) is 3.58. The first-order valence-corrected chi connectivity index (χ1v) is 9.12. The van der Waals surface area contributed by atoms with Gasteiger partial charge >= 0.3 is 0 Å². The number of halogens is 2. The molecule has 0 aliphatic rings. The van der Waals surface area contributed by atoms with E-state index in [9.17, 15) is 14.4 Å². The zero-order valence-electron chi connectivity index (χ0n) is 15.0. The molecule has 144 valence electrons. The van der Waals surface area contributed by atoms with E-state index < -0.39 is 11.8 Å². The lowest BCUT2D eigenvalue weighted by Crippen LogP contribution is -2.43. The molecule has 2 amide bonds. The Kier molecular flexibility index (Phi) is 5.67. The van der Waals surface area contributed by atoms with Gasteiger partial charge in [0.25, 0.3) is 17.4 Å². The summed E-state index contributed by atoms with van der Waals surface area (Å²) in [4.78, 5) is 37.4. The van der Waals surface area contributed by atoms with Gasteiger partial charge in [-0.2, -0.15) is 5.10 Å². The van der Waals surface area contributed by atoms with Crippen LogP contribution in [0.1, 0.15) is 40.7 Å². The van der Waals surface area contributed by atoms with Gasteiger partial charge in [0.2, 0.25) is 0 Å². The minimum atomic E-state index is -0.654. The van der Waals surface area contributed by atoms with Crippen molar-refractivity contribution in [3.8, 4) is 0 Å². The summed E-state index contributed by atoms with van der Waals surface area (Å²) in [5.41, 5.74) is 4.58. The van der Waals surface area contributed by atoms with Crippen molar-refractivity contribution in [2.75, 3.05) is 0 Å². The summed E-state index contributed by atoms with van der Waals surface area (Å²) in [5.74, 6) is -1.23. The second kappa shape index (κ2) is 8.00. The predicted molar refractivity (Wildman–Crippen MR) is 108 cm³/mol. The number of fused-ring (bicyclic) bond motifs is 1. The van der Waals surface area contributed by atoms with Crippen molar-refractivity contribution < 1.29 is 9.59 Å². The van der Waals surface area contributed by atoms with E-state index in [-0.39, 0.29) is 27.9 Å². The fourth-order valence-electron chi connectivity index (χ4n) is 2.61. The number of rotatable bonds is 3. The number of carbonyl (C=O) groups excluding carboxylic acids is 2. The van der Waals surface area contributed by atoms with E-state index in [0.29, 0.717) is 15.8 Å². The topological polar surface area (TPSA) is 93.1 Å². The molecule has 9 heteroatoms. The molecule has 1 aromatic heterocycles. The molecule has 7 nitrogen and oxygen atoms in total. The van der Waals surface area contributed by atoms with Gasteiger partial charge in [0.05, 0.1) is 21.5 Å². The normalized spacial score (nSPS) is 10.9. The van der Waals surface area contributed by atoms with Gasteiger partial charge in [0.1, 0.15) is 0 Å². The maximum absolute atomic E-state index is 12.7. The third-order valence-corrected chi connectivity index (χ3v) is 4.74. The van der Waals surface area contributed by atoms with E-state index >= 15 is 0 Å². The van der Waals surface area contributed by atoms with Crippen molar-refractivity contribution in [1.29, 1.82) is 0 Å². The summed E-state index contributed by atoms with van der Waals surface area (Å²) in [5, 5.41) is 5.47. The summed E-state index contributed by atoms with van der Waals surface area (Å²) in [7, 11) is 0. The first-order chi connectivity index (χ1) is 13.3. The number of amides is 2. The second-order valence-electron chi connectivity index (χ2n) is 6.27. The molecular weight excluding hydrogens is 403 g/mol. The smallest absolute Gasteiger partial charge is 0.267 e. The van der Waals surface area contributed by atoms with Crippen molar-refractivity contribution >= 4 is 45.8 Å². The van der Waals surface area contributed by atoms with E-state index in [0.717, 1.165) is 0 Å². The molecule has 2 N–H and O–H groups in total. The highest BCUT2D eigenvalue weighted by Gasteiger charge is 2.18. The Morgan fingerprint density at radius 2 is 1.61 bits per heavy atom. The predicted octanol–water partition coefficient (Wildman–Crippen LogP) is 3.36. The molecule has 0 saturated heterocycles. The van der Waals surface area contributed by atoms with Crippen LogP contribution in [0, 0.1) is 0 Å². The average molecular weight is 419 g/mol. The fraction of sp³-hybridized carbons (Fsp3) is 0.158. The Hall–Kier alpha value is -2.90. The van der Waals surface area contributed by atoms with Crippen LogP contribution in [0.25, 0.3) is 10.8 Å². The van der Waals surface area contributed by atoms with Crippen LogP contribution in [0.3, 0.4) is 0 Å². The van der Waals surface area contributed by atoms with Gasteiger partial charge in [0.15, 0.2) is 5.69 Å². The number of hydrogen-bond acceptors (Lipinski definition) is 4. The number of hydrogen-bond donors (Lipinski definition) is 2. The molecule has 0 radical (unpaired) electrons. The fourth-order valence-corrected chi connectivity index (χ4v) is 2.90. The van der Waals surface area contributed by atoms with Gasteiger partial charge in [-0.15, -0.1) is 0 Å². The van der Waals surface area contributed by atoms with Gasteiger partial charge in [-0.3, -0.25) is 25.2 Å². The number of nitrogens with zero attached hydrogens (tertiary/aromatic N) is 2. The molecule has 0 unspecified atom stereocenters. The standard InChI is InChI=1S/C19H16Cl2N4O3/c1-10(2)25-19(28)13-6-4-3-5-12(13)16(24-25)18(27)23-22-17(26)11-7-8-14(20)15(21)9-11/h3-10H,1-2H3,(H,22,26)(H,23,27). The van der Waals surface area contributed by atoms with Gasteiger partial charge in [-0.25, -0.2) is 4.68 Å². The van der Waals surface area contributed by atoms with Crippen LogP contribution in [0.15, 0.2) is 47.3 Å². The van der Waals surface area contributed by atoms with Crippen LogP contribution >= 0.6 is 23.2 Å². The van der Waals surface area contributed by atoms with Crippen LogP contribution in [0.4, 0.5) is 0 Å². The second-order valence-corrected chi connectivity index (χ2v) is 7.09. The van der Waals surface area contributed by atoms with E-state index in [1.807, 2.05) is 0 Å². The Labute approximate surface area is 170 Å². The van der Waals surface area contributed by atoms with Crippen molar-refractivity contribution in [2.45, 2.75) is 19.9 Å². The molecule has 0 saturated carbocycles. The van der Waals surface area contributed by atoms with Crippen LogP contribution in [0.5, 0.6) is 0 Å². The Balaban J connectivity index is 1.89. The Bertz CT molecular complexity index is 1140. The highest BCUT2D eigenvalue weighted by Crippen LogP contribution is 2.22. The Morgan fingerprint density at radius 1 is 0.964 bits per heavy atom. The van der Waals surface area contributed by atoms with E-state index in [1.54, 1.807) is 38.1 Å². The lowest BCUT2D eigenvalue weighted by atomic mass is 10.1. The minimum Gasteiger partial charge on any atom is -0.267 e. The van der Waals surface area contributed by atoms with Crippen LogP contribution < -0.4 is 16.4 Å². The third-order valence-electron chi connectivity index (χ3n) is 4.00. The average Bonchev–Trinajstić information content (AvgIpc) is 2.68. The van der Waals surface area contributed by atoms with Crippen LogP contribution in [-0.2, 0) is 0 Å². The monoisotopic (exact) mass is 418 g/mol. The summed E-state index contributed by atoms with van der Waals surface area (Å²) < 4.78 is 1.23. The van der Waals surface area contributed by atoms with E-state index in [4.69, 9.17) is 23.2 Å². The van der Waals surface area contributed by atoms with Gasteiger partial charge in [-0.1, -0.05) is 41.4 Å². The molecule has 0 aliphatic heterocycles. The molecular formula is C19H16Cl2N4O3. The molecule has 0 fully saturated rings. The molecule has 3 aromatic rings. The third kappa shape index (κ3) is 3.85. The highest BCUT2D eigenvalue weighted by molar-refractivity contribution is 6.42. The van der Waals surface area contributed by atoms with Gasteiger partial charge in [-0.05, 0) is 38.1 Å². The van der Waals surface area contributed by atoms with Crippen LogP contribution in [0.2, 0.25) is 10.0 Å². The SMILES string of the molecule is CC(C)n1nc(C(=O)NNC(=O)c2ccc(Cl)c(Cl)c2)c2ccccc2c1=O. The maximum atomic E-state index is 12.7. The molecule has 0 bridgehead atoms. The van der Waals surface area contributed by atoms with Gasteiger partial charge < -0.3 is 0 Å². The quantitative estimate of drug-likeness (QED) is 0.637. The largest absolute Gasteiger partial charge is 0.290 e. The molecule has 0 spiro atoms. The van der Waals surface area contributed by atoms with Crippen molar-refractivity contribution in [3.63, 3.8) is 0 Å². The summed E-state index contributed by atoms with van der Waals surface area (Å²) in [6.07, 6.45) is 0. The van der Waals surface area contributed by atoms with E-state index in [1.165, 1.54) is 22.9 Å². The lowest BCUT2D eigenvalue weighted by Gasteiger charge is -2.14. The van der Waals surface area contributed by atoms with Gasteiger partial charge in [0, 0.05) is 10.9 Å².